The number of amides is 4. The highest BCUT2D eigenvalue weighted by Crippen LogP contribution is 2.31. The van der Waals surface area contributed by atoms with Crippen molar-refractivity contribution in [3.8, 4) is 0 Å². The molecule has 69 heavy (non-hydrogen) atoms. The van der Waals surface area contributed by atoms with Gasteiger partial charge in [0.05, 0.1) is 45.6 Å². The smallest absolute Gasteiger partial charge is 0.243 e. The molecule has 4 aliphatic rings. The highest BCUT2D eigenvalue weighted by atomic mass is 16.8. The zero-order valence-corrected chi connectivity index (χ0v) is 38.0. The van der Waals surface area contributed by atoms with E-state index in [1.54, 1.807) is 6.92 Å². The number of rotatable bonds is 25. The van der Waals surface area contributed by atoms with Crippen LogP contribution in [-0.4, -0.2) is 272 Å². The summed E-state index contributed by atoms with van der Waals surface area (Å²) >= 11 is 0. The number of hydrogen-bond donors (Lipinski definition) is 17. The number of carbonyl (C=O) groups is 4. The highest BCUT2D eigenvalue weighted by molar-refractivity contribution is 5.92. The molecule has 4 fully saturated rings. The van der Waals surface area contributed by atoms with Crippen molar-refractivity contribution in [1.82, 2.24) is 21.3 Å². The number of carbonyl (C=O) groups excluding carboxylic acids is 4. The van der Waals surface area contributed by atoms with E-state index < -0.39 is 179 Å². The third kappa shape index (κ3) is 16.3. The number of aliphatic hydroxyl groups is 13. The van der Waals surface area contributed by atoms with E-state index in [2.05, 4.69) is 21.3 Å². The molecule has 4 amide bonds. The molecule has 0 aromatic rings. The van der Waals surface area contributed by atoms with Crippen LogP contribution in [0.5, 0.6) is 0 Å². The maximum absolute atomic E-state index is 13.5. The molecule has 17 N–H and O–H groups in total. The predicted molar refractivity (Wildman–Crippen MR) is 223 cm³/mol. The lowest BCUT2D eigenvalue weighted by Gasteiger charge is -2.46. The summed E-state index contributed by atoms with van der Waals surface area (Å²) in [5, 5.41) is 144. The first-order valence-corrected chi connectivity index (χ1v) is 22.7. The van der Waals surface area contributed by atoms with Gasteiger partial charge < -0.3 is 126 Å². The van der Waals surface area contributed by atoms with Crippen molar-refractivity contribution < 1.29 is 123 Å². The number of hydrogen-bond acceptors (Lipinski definition) is 25. The van der Waals surface area contributed by atoms with E-state index in [1.807, 2.05) is 0 Å². The maximum Gasteiger partial charge on any atom is 0.243 e. The second-order valence-electron chi connectivity index (χ2n) is 16.9. The van der Waals surface area contributed by atoms with Gasteiger partial charge in [0.25, 0.3) is 0 Å². The minimum absolute atomic E-state index is 0.110. The number of unbranched alkanes of at least 4 members (excludes halogenated alkanes) is 1. The highest BCUT2D eigenvalue weighted by Gasteiger charge is 2.52. The van der Waals surface area contributed by atoms with Gasteiger partial charge in [0.1, 0.15) is 97.6 Å². The van der Waals surface area contributed by atoms with E-state index in [0.29, 0.717) is 13.0 Å². The SMILES string of the molecule is CCNC(=O)CCCCC(=O)NC(CC(=O)NCCO[C@@H]1O[C@@H](C)[C@@H](O)[C@@H](O)[C@@H]1O)C(=O)NCCO[C@H]1O[C@H](CO[C@H]2O[C@H](CO)[C@@H](O)[C@H](O)[C@@H]2O)[C@@H](O)[C@H](O[C@H]2O[C@H](CO)[C@@H](O)[C@H](O)[C@@H]2O)[C@@H]1O. The Morgan fingerprint density at radius 2 is 1.01 bits per heavy atom. The van der Waals surface area contributed by atoms with Crippen LogP contribution in [-0.2, 0) is 57.1 Å². The molecule has 0 aromatic carbocycles. The standard InChI is InChI=1S/C40H70N4O25/c1-3-41-21(47)6-4-5-7-22(48)44-17(12-23(49)42-8-10-62-37-31(57)28(54)24(50)16(2)65-37)36(61)43-9-11-63-39-34(60)35(69-40-33(59)30(56)26(52)19(14-46)67-40)27(53)20(68-39)15-64-38-32(58)29(55)25(51)18(13-45)66-38/h16-20,24-35,37-40,45-46,50-60H,3-15H2,1-2H3,(H,41,47)(H,42,49)(H,43,61)(H,44,48)/t16-,17?,18+,19+,20+,24+,25+,26+,27+,28+,29-,30-,31-,32-,33-,34-,35-,37+,38-,39-,40+/m0/s1. The first kappa shape index (κ1) is 58.6. The van der Waals surface area contributed by atoms with E-state index in [1.165, 1.54) is 6.92 Å². The first-order valence-electron chi connectivity index (χ1n) is 22.7. The van der Waals surface area contributed by atoms with Crippen LogP contribution in [0, 0.1) is 0 Å². The van der Waals surface area contributed by atoms with E-state index in [4.69, 9.17) is 37.9 Å². The van der Waals surface area contributed by atoms with E-state index in [0.717, 1.165) is 0 Å². The topological polar surface area (TPSA) is 453 Å². The molecule has 29 nitrogen and oxygen atoms in total. The third-order valence-electron chi connectivity index (χ3n) is 11.7. The van der Waals surface area contributed by atoms with Crippen molar-refractivity contribution in [1.29, 1.82) is 0 Å². The summed E-state index contributed by atoms with van der Waals surface area (Å²) in [6, 6.07) is -1.48. The second-order valence-corrected chi connectivity index (χ2v) is 16.9. The van der Waals surface area contributed by atoms with Crippen molar-refractivity contribution in [2.45, 2.75) is 175 Å². The third-order valence-corrected chi connectivity index (χ3v) is 11.7. The Bertz CT molecular complexity index is 1590. The number of aliphatic hydroxyl groups excluding tert-OH is 13. The van der Waals surface area contributed by atoms with E-state index in [-0.39, 0.29) is 44.9 Å². The minimum atomic E-state index is -1.99. The average Bonchev–Trinajstić information content (AvgIpc) is 3.32. The molecule has 0 bridgehead atoms. The second kappa shape index (κ2) is 28.3. The van der Waals surface area contributed by atoms with Gasteiger partial charge in [-0.3, -0.25) is 19.2 Å². The fourth-order valence-corrected chi connectivity index (χ4v) is 7.65. The molecule has 4 aliphatic heterocycles. The van der Waals surface area contributed by atoms with Crippen LogP contribution in [0.2, 0.25) is 0 Å². The lowest BCUT2D eigenvalue weighted by atomic mass is 9.96. The van der Waals surface area contributed by atoms with Crippen LogP contribution in [0.3, 0.4) is 0 Å². The van der Waals surface area contributed by atoms with Crippen molar-refractivity contribution in [3.63, 3.8) is 0 Å². The van der Waals surface area contributed by atoms with Crippen LogP contribution in [0.4, 0.5) is 0 Å². The lowest BCUT2D eigenvalue weighted by molar-refractivity contribution is -0.366. The average molecular weight is 1010 g/mol. The Labute approximate surface area is 395 Å². The fraction of sp³-hybridized carbons (Fsp3) is 0.900. The lowest BCUT2D eigenvalue weighted by Crippen LogP contribution is -2.65. The summed E-state index contributed by atoms with van der Waals surface area (Å²) in [5.41, 5.74) is 0. The van der Waals surface area contributed by atoms with E-state index >= 15 is 0 Å². The molecular formula is C40H70N4O25. The zero-order chi connectivity index (χ0) is 51.1. The van der Waals surface area contributed by atoms with Gasteiger partial charge in [0.2, 0.25) is 23.6 Å². The molecular weight excluding hydrogens is 936 g/mol. The molecule has 4 rings (SSSR count). The molecule has 29 heteroatoms. The van der Waals surface area contributed by atoms with Gasteiger partial charge in [-0.1, -0.05) is 0 Å². The minimum Gasteiger partial charge on any atom is -0.394 e. The molecule has 4 saturated heterocycles. The van der Waals surface area contributed by atoms with Gasteiger partial charge in [0.15, 0.2) is 25.2 Å². The number of nitrogens with one attached hydrogen (secondary N) is 4. The molecule has 0 aliphatic carbocycles. The monoisotopic (exact) mass is 1010 g/mol. The van der Waals surface area contributed by atoms with Crippen molar-refractivity contribution in [3.05, 3.63) is 0 Å². The molecule has 4 heterocycles. The van der Waals surface area contributed by atoms with Gasteiger partial charge in [-0.15, -0.1) is 0 Å². The maximum atomic E-state index is 13.5. The molecule has 0 spiro atoms. The quantitative estimate of drug-likeness (QED) is 0.0378. The Balaban J connectivity index is 1.40. The summed E-state index contributed by atoms with van der Waals surface area (Å²) in [4.78, 5) is 51.2. The first-order chi connectivity index (χ1) is 32.7. The molecule has 0 aromatic heterocycles. The number of ether oxygens (including phenoxy) is 8. The summed E-state index contributed by atoms with van der Waals surface area (Å²) < 4.78 is 44.1. The summed E-state index contributed by atoms with van der Waals surface area (Å²) in [7, 11) is 0. The Hall–Kier alpha value is -2.96. The normalized spacial score (nSPS) is 38.7. The van der Waals surface area contributed by atoms with Crippen LogP contribution in [0.25, 0.3) is 0 Å². The van der Waals surface area contributed by atoms with Crippen LogP contribution in [0.15, 0.2) is 0 Å². The van der Waals surface area contributed by atoms with Crippen molar-refractivity contribution in [2.75, 3.05) is 52.7 Å². The Kier molecular flexibility index (Phi) is 24.1. The van der Waals surface area contributed by atoms with Crippen LogP contribution >= 0.6 is 0 Å². The largest absolute Gasteiger partial charge is 0.394 e. The van der Waals surface area contributed by atoms with Crippen molar-refractivity contribution in [2.24, 2.45) is 0 Å². The van der Waals surface area contributed by atoms with Crippen LogP contribution < -0.4 is 21.3 Å². The zero-order valence-electron chi connectivity index (χ0n) is 38.0. The summed E-state index contributed by atoms with van der Waals surface area (Å²) in [5.74, 6) is -2.45. The van der Waals surface area contributed by atoms with Gasteiger partial charge in [-0.2, -0.15) is 0 Å². The fourth-order valence-electron chi connectivity index (χ4n) is 7.65. The Morgan fingerprint density at radius 1 is 0.522 bits per heavy atom. The van der Waals surface area contributed by atoms with Gasteiger partial charge >= 0.3 is 0 Å². The molecule has 0 radical (unpaired) electrons. The van der Waals surface area contributed by atoms with Gasteiger partial charge in [-0.05, 0) is 26.7 Å². The Morgan fingerprint density at radius 3 is 1.59 bits per heavy atom. The van der Waals surface area contributed by atoms with E-state index in [9.17, 15) is 85.6 Å². The molecule has 0 saturated carbocycles. The predicted octanol–water partition coefficient (Wildman–Crippen LogP) is -9.90. The molecule has 400 valence electrons. The van der Waals surface area contributed by atoms with Gasteiger partial charge in [0, 0.05) is 32.5 Å². The van der Waals surface area contributed by atoms with Crippen LogP contribution in [0.1, 0.15) is 46.0 Å². The summed E-state index contributed by atoms with van der Waals surface area (Å²) in [6.45, 7) is -0.0108. The van der Waals surface area contributed by atoms with Gasteiger partial charge in [-0.25, -0.2) is 0 Å². The van der Waals surface area contributed by atoms with Crippen molar-refractivity contribution >= 4 is 23.6 Å². The summed E-state index contributed by atoms with van der Waals surface area (Å²) in [6.07, 6.45) is -33.3. The molecule has 1 unspecified atom stereocenters. The molecule has 21 atom stereocenters.